The Morgan fingerprint density at radius 2 is 2.33 bits per heavy atom. The first-order valence-corrected chi connectivity index (χ1v) is 5.68. The van der Waals surface area contributed by atoms with E-state index in [-0.39, 0.29) is 18.3 Å². The molecule has 1 aliphatic rings. The summed E-state index contributed by atoms with van der Waals surface area (Å²) in [5.41, 5.74) is 5.31. The summed E-state index contributed by atoms with van der Waals surface area (Å²) in [7, 11) is 0. The summed E-state index contributed by atoms with van der Waals surface area (Å²) in [5.74, 6) is -0.00264. The highest BCUT2D eigenvalue weighted by Gasteiger charge is 2.39. The molecule has 0 spiro atoms. The van der Waals surface area contributed by atoms with Gasteiger partial charge < -0.3 is 11.1 Å². The summed E-state index contributed by atoms with van der Waals surface area (Å²) in [4.78, 5) is 12.8. The van der Waals surface area contributed by atoms with E-state index in [1.807, 2.05) is 17.5 Å². The number of nitrogens with two attached hydrogens (primary N) is 1. The van der Waals surface area contributed by atoms with Gasteiger partial charge in [0.25, 0.3) is 0 Å². The van der Waals surface area contributed by atoms with Gasteiger partial charge >= 0.3 is 0 Å². The molecule has 1 aromatic rings. The zero-order valence-corrected chi connectivity index (χ0v) is 10.00. The number of rotatable bonds is 3. The fourth-order valence-corrected chi connectivity index (χ4v) is 2.19. The van der Waals surface area contributed by atoms with Crippen LogP contribution in [0.4, 0.5) is 0 Å². The maximum atomic E-state index is 11.6. The van der Waals surface area contributed by atoms with Gasteiger partial charge in [-0.25, -0.2) is 0 Å². The molecule has 2 rings (SSSR count). The van der Waals surface area contributed by atoms with Gasteiger partial charge in [0.15, 0.2) is 0 Å². The van der Waals surface area contributed by atoms with Gasteiger partial charge in [-0.05, 0) is 30.7 Å². The molecule has 84 valence electrons. The van der Waals surface area contributed by atoms with Gasteiger partial charge in [0.05, 0.1) is 12.1 Å². The standard InChI is InChI=1S/C10H14N2OS.ClH/c11-10(4-2-5-10)9(13)12-7-8-3-1-6-14-8;/h1,3,6H,2,4-5,7,11H2,(H,12,13);1H. The van der Waals surface area contributed by atoms with Crippen LogP contribution in [-0.4, -0.2) is 11.4 Å². The van der Waals surface area contributed by atoms with Gasteiger partial charge in [-0.3, -0.25) is 4.79 Å². The minimum atomic E-state index is -0.572. The molecular formula is C10H15ClN2OS. The molecule has 1 saturated carbocycles. The fraction of sp³-hybridized carbons (Fsp3) is 0.500. The number of thiophene rings is 1. The number of carbonyl (C=O) groups excluding carboxylic acids is 1. The molecule has 3 nitrogen and oxygen atoms in total. The van der Waals surface area contributed by atoms with Crippen LogP contribution >= 0.6 is 23.7 Å². The highest BCUT2D eigenvalue weighted by molar-refractivity contribution is 7.09. The second kappa shape index (κ2) is 4.96. The maximum absolute atomic E-state index is 11.6. The second-order valence-corrected chi connectivity index (χ2v) is 4.80. The van der Waals surface area contributed by atoms with Crippen LogP contribution < -0.4 is 11.1 Å². The van der Waals surface area contributed by atoms with Gasteiger partial charge in [-0.2, -0.15) is 0 Å². The topological polar surface area (TPSA) is 55.1 Å². The van der Waals surface area contributed by atoms with E-state index in [1.165, 1.54) is 4.88 Å². The molecule has 0 bridgehead atoms. The number of nitrogens with one attached hydrogen (secondary N) is 1. The molecule has 0 atom stereocenters. The van der Waals surface area contributed by atoms with Gasteiger partial charge in [-0.15, -0.1) is 23.7 Å². The molecule has 1 aliphatic carbocycles. The lowest BCUT2D eigenvalue weighted by molar-refractivity contribution is -0.129. The first kappa shape index (κ1) is 12.5. The number of halogens is 1. The highest BCUT2D eigenvalue weighted by atomic mass is 35.5. The number of hydrogen-bond donors (Lipinski definition) is 2. The van der Waals surface area contributed by atoms with Crippen molar-refractivity contribution in [2.45, 2.75) is 31.3 Å². The van der Waals surface area contributed by atoms with Crippen molar-refractivity contribution >= 4 is 29.7 Å². The molecule has 1 amide bonds. The van der Waals surface area contributed by atoms with Gasteiger partial charge in [0.2, 0.25) is 5.91 Å². The van der Waals surface area contributed by atoms with Crippen molar-refractivity contribution in [1.29, 1.82) is 0 Å². The quantitative estimate of drug-likeness (QED) is 0.853. The van der Waals surface area contributed by atoms with E-state index in [9.17, 15) is 4.79 Å². The van der Waals surface area contributed by atoms with Crippen molar-refractivity contribution in [3.05, 3.63) is 22.4 Å². The van der Waals surface area contributed by atoms with Crippen molar-refractivity contribution in [3.63, 3.8) is 0 Å². The van der Waals surface area contributed by atoms with Crippen LogP contribution in [0, 0.1) is 0 Å². The lowest BCUT2D eigenvalue weighted by Crippen LogP contribution is -2.58. The summed E-state index contributed by atoms with van der Waals surface area (Å²) in [6.07, 6.45) is 2.72. The van der Waals surface area contributed by atoms with E-state index >= 15 is 0 Å². The molecule has 3 N–H and O–H groups in total. The second-order valence-electron chi connectivity index (χ2n) is 3.77. The van der Waals surface area contributed by atoms with Gasteiger partial charge in [-0.1, -0.05) is 6.07 Å². The average Bonchev–Trinajstić information content (AvgIpc) is 2.62. The van der Waals surface area contributed by atoms with E-state index in [0.29, 0.717) is 6.54 Å². The fourth-order valence-electron chi connectivity index (χ4n) is 1.54. The number of amides is 1. The summed E-state index contributed by atoms with van der Waals surface area (Å²) >= 11 is 1.65. The Balaban J connectivity index is 0.00000112. The molecule has 0 aliphatic heterocycles. The summed E-state index contributed by atoms with van der Waals surface area (Å²) in [5, 5.41) is 4.88. The normalized spacial score (nSPS) is 17.4. The van der Waals surface area contributed by atoms with Crippen LogP contribution in [0.3, 0.4) is 0 Å². The monoisotopic (exact) mass is 246 g/mol. The Hall–Kier alpha value is -0.580. The van der Waals surface area contributed by atoms with E-state index in [0.717, 1.165) is 19.3 Å². The number of carbonyl (C=O) groups is 1. The Kier molecular flexibility index (Phi) is 4.13. The lowest BCUT2D eigenvalue weighted by atomic mass is 9.77. The van der Waals surface area contributed by atoms with Gasteiger partial charge in [0, 0.05) is 4.88 Å². The first-order chi connectivity index (χ1) is 6.71. The molecule has 0 unspecified atom stereocenters. The summed E-state index contributed by atoms with van der Waals surface area (Å²) in [6, 6.07) is 3.99. The predicted molar refractivity (Wildman–Crippen MR) is 64.2 cm³/mol. The highest BCUT2D eigenvalue weighted by Crippen LogP contribution is 2.29. The van der Waals surface area contributed by atoms with Crippen molar-refractivity contribution in [2.75, 3.05) is 0 Å². The van der Waals surface area contributed by atoms with Crippen molar-refractivity contribution in [3.8, 4) is 0 Å². The van der Waals surface area contributed by atoms with E-state index < -0.39 is 5.54 Å². The molecule has 1 fully saturated rings. The largest absolute Gasteiger partial charge is 0.350 e. The Bertz CT molecular complexity index is 322. The van der Waals surface area contributed by atoms with Crippen LogP contribution in [0.25, 0.3) is 0 Å². The van der Waals surface area contributed by atoms with Crippen LogP contribution in [0.5, 0.6) is 0 Å². The van der Waals surface area contributed by atoms with E-state index in [2.05, 4.69) is 5.32 Å². The zero-order chi connectivity index (χ0) is 10.0. The lowest BCUT2D eigenvalue weighted by Gasteiger charge is -2.36. The van der Waals surface area contributed by atoms with Crippen LogP contribution in [0.1, 0.15) is 24.1 Å². The molecule has 0 aromatic carbocycles. The Morgan fingerprint density at radius 1 is 1.60 bits per heavy atom. The van der Waals surface area contributed by atoms with Crippen molar-refractivity contribution in [1.82, 2.24) is 5.32 Å². The smallest absolute Gasteiger partial charge is 0.240 e. The van der Waals surface area contributed by atoms with Crippen molar-refractivity contribution in [2.24, 2.45) is 5.73 Å². The maximum Gasteiger partial charge on any atom is 0.240 e. The average molecular weight is 247 g/mol. The van der Waals surface area contributed by atoms with E-state index in [4.69, 9.17) is 5.73 Å². The molecule has 1 heterocycles. The number of hydrogen-bond acceptors (Lipinski definition) is 3. The van der Waals surface area contributed by atoms with Crippen molar-refractivity contribution < 1.29 is 4.79 Å². The third kappa shape index (κ3) is 2.71. The van der Waals surface area contributed by atoms with E-state index in [1.54, 1.807) is 11.3 Å². The van der Waals surface area contributed by atoms with Crippen LogP contribution in [0.15, 0.2) is 17.5 Å². The summed E-state index contributed by atoms with van der Waals surface area (Å²) < 4.78 is 0. The predicted octanol–water partition coefficient (Wildman–Crippen LogP) is 1.67. The third-order valence-corrected chi connectivity index (χ3v) is 3.58. The molecule has 15 heavy (non-hydrogen) atoms. The zero-order valence-electron chi connectivity index (χ0n) is 8.36. The molecule has 1 aromatic heterocycles. The summed E-state index contributed by atoms with van der Waals surface area (Å²) in [6.45, 7) is 0.607. The minimum absolute atomic E-state index is 0. The molecule has 5 heteroatoms. The Morgan fingerprint density at radius 3 is 2.80 bits per heavy atom. The van der Waals surface area contributed by atoms with Gasteiger partial charge in [0.1, 0.15) is 0 Å². The Labute approximate surface area is 99.5 Å². The first-order valence-electron chi connectivity index (χ1n) is 4.80. The van der Waals surface area contributed by atoms with Crippen LogP contribution in [0.2, 0.25) is 0 Å². The molecular weight excluding hydrogens is 232 g/mol. The third-order valence-electron chi connectivity index (χ3n) is 2.70. The molecule has 0 saturated heterocycles. The minimum Gasteiger partial charge on any atom is -0.350 e. The SMILES string of the molecule is Cl.NC1(C(=O)NCc2cccs2)CCC1. The van der Waals surface area contributed by atoms with Crippen LogP contribution in [-0.2, 0) is 11.3 Å². The molecule has 0 radical (unpaired) electrons.